The fourth-order valence-corrected chi connectivity index (χ4v) is 1.31. The molecular formula is C12H9N3O3. The molecule has 90 valence electrons. The topological polar surface area (TPSA) is 92.2 Å². The summed E-state index contributed by atoms with van der Waals surface area (Å²) in [6.45, 7) is 0. The number of anilines is 1. The summed E-state index contributed by atoms with van der Waals surface area (Å²) in [5, 5.41) is 11.3. The van der Waals surface area contributed by atoms with Crippen molar-refractivity contribution in [1.29, 1.82) is 0 Å². The van der Waals surface area contributed by atoms with Gasteiger partial charge in [0.05, 0.1) is 5.56 Å². The number of hydrogen-bond donors (Lipinski definition) is 2. The minimum absolute atomic E-state index is 0.0568. The lowest BCUT2D eigenvalue weighted by molar-refractivity contribution is 0.0696. The molecule has 0 aliphatic heterocycles. The molecule has 0 saturated carbocycles. The van der Waals surface area contributed by atoms with Crippen molar-refractivity contribution in [3.05, 3.63) is 54.0 Å². The Morgan fingerprint density at radius 3 is 2.61 bits per heavy atom. The molecule has 0 aliphatic carbocycles. The highest BCUT2D eigenvalue weighted by Crippen LogP contribution is 2.08. The van der Waals surface area contributed by atoms with Crippen LogP contribution in [0.25, 0.3) is 0 Å². The molecule has 2 aromatic heterocycles. The van der Waals surface area contributed by atoms with Gasteiger partial charge in [-0.2, -0.15) is 0 Å². The molecule has 0 bridgehead atoms. The first-order chi connectivity index (χ1) is 8.66. The summed E-state index contributed by atoms with van der Waals surface area (Å²) in [5.41, 5.74) is 0.293. The SMILES string of the molecule is O=C(O)c1ccnc(NC(=O)c2ccccn2)c1. The van der Waals surface area contributed by atoms with Crippen molar-refractivity contribution in [1.82, 2.24) is 9.97 Å². The normalized spacial score (nSPS) is 9.78. The van der Waals surface area contributed by atoms with Crippen molar-refractivity contribution >= 4 is 17.7 Å². The lowest BCUT2D eigenvalue weighted by Crippen LogP contribution is -2.14. The molecule has 2 rings (SSSR count). The molecule has 1 amide bonds. The van der Waals surface area contributed by atoms with Crippen LogP contribution < -0.4 is 5.32 Å². The van der Waals surface area contributed by atoms with Crippen LogP contribution in [0.2, 0.25) is 0 Å². The summed E-state index contributed by atoms with van der Waals surface area (Å²) in [4.78, 5) is 30.2. The number of nitrogens with one attached hydrogen (secondary N) is 1. The van der Waals surface area contributed by atoms with Crippen molar-refractivity contribution in [2.75, 3.05) is 5.32 Å². The van der Waals surface area contributed by atoms with Gasteiger partial charge in [-0.3, -0.25) is 9.78 Å². The van der Waals surface area contributed by atoms with Gasteiger partial charge in [-0.15, -0.1) is 0 Å². The molecule has 2 aromatic rings. The van der Waals surface area contributed by atoms with Gasteiger partial charge in [0.1, 0.15) is 11.5 Å². The number of hydrogen-bond acceptors (Lipinski definition) is 4. The molecule has 0 aromatic carbocycles. The van der Waals surface area contributed by atoms with E-state index in [4.69, 9.17) is 5.11 Å². The molecule has 0 atom stereocenters. The lowest BCUT2D eigenvalue weighted by Gasteiger charge is -2.04. The number of nitrogens with zero attached hydrogens (tertiary/aromatic N) is 2. The van der Waals surface area contributed by atoms with Gasteiger partial charge < -0.3 is 10.4 Å². The van der Waals surface area contributed by atoms with Crippen molar-refractivity contribution < 1.29 is 14.7 Å². The molecule has 0 radical (unpaired) electrons. The highest BCUT2D eigenvalue weighted by atomic mass is 16.4. The van der Waals surface area contributed by atoms with Gasteiger partial charge in [-0.05, 0) is 24.3 Å². The predicted molar refractivity (Wildman–Crippen MR) is 63.4 cm³/mol. The summed E-state index contributed by atoms with van der Waals surface area (Å²) in [6.07, 6.45) is 2.81. The quantitative estimate of drug-likeness (QED) is 0.850. The Balaban J connectivity index is 2.17. The number of carboxylic acid groups (broad SMARTS) is 1. The van der Waals surface area contributed by atoms with E-state index in [9.17, 15) is 9.59 Å². The summed E-state index contributed by atoms with van der Waals surface area (Å²) < 4.78 is 0. The van der Waals surface area contributed by atoms with Crippen LogP contribution in [0.1, 0.15) is 20.8 Å². The zero-order valence-corrected chi connectivity index (χ0v) is 9.20. The van der Waals surface area contributed by atoms with Crippen LogP contribution in [-0.2, 0) is 0 Å². The summed E-state index contributed by atoms with van der Waals surface area (Å²) in [7, 11) is 0. The van der Waals surface area contributed by atoms with Crippen molar-refractivity contribution in [3.63, 3.8) is 0 Å². The van der Waals surface area contributed by atoms with E-state index in [1.165, 1.54) is 24.5 Å². The first kappa shape index (κ1) is 11.7. The number of pyridine rings is 2. The van der Waals surface area contributed by atoms with E-state index in [0.717, 1.165) is 0 Å². The van der Waals surface area contributed by atoms with Crippen molar-refractivity contribution in [2.24, 2.45) is 0 Å². The second-order valence-corrected chi connectivity index (χ2v) is 3.40. The van der Waals surface area contributed by atoms with E-state index in [1.54, 1.807) is 18.2 Å². The van der Waals surface area contributed by atoms with Crippen LogP contribution in [-0.4, -0.2) is 27.0 Å². The standard InChI is InChI=1S/C12H9N3O3/c16-11(9-3-1-2-5-13-9)15-10-7-8(12(17)18)4-6-14-10/h1-7H,(H,17,18)(H,14,15,16). The number of aromatic nitrogens is 2. The number of aromatic carboxylic acids is 1. The molecule has 0 spiro atoms. The molecule has 0 unspecified atom stereocenters. The number of carboxylic acids is 1. The Hall–Kier alpha value is -2.76. The maximum absolute atomic E-state index is 11.7. The van der Waals surface area contributed by atoms with E-state index in [-0.39, 0.29) is 17.1 Å². The van der Waals surface area contributed by atoms with Crippen LogP contribution in [0.3, 0.4) is 0 Å². The average molecular weight is 243 g/mol. The van der Waals surface area contributed by atoms with Crippen LogP contribution in [0, 0.1) is 0 Å². The van der Waals surface area contributed by atoms with Gasteiger partial charge in [-0.25, -0.2) is 9.78 Å². The highest BCUT2D eigenvalue weighted by molar-refractivity contribution is 6.02. The maximum atomic E-state index is 11.7. The van der Waals surface area contributed by atoms with Crippen molar-refractivity contribution in [3.8, 4) is 0 Å². The van der Waals surface area contributed by atoms with Gasteiger partial charge in [0.15, 0.2) is 0 Å². The monoisotopic (exact) mass is 243 g/mol. The van der Waals surface area contributed by atoms with Gasteiger partial charge >= 0.3 is 5.97 Å². The number of amides is 1. The van der Waals surface area contributed by atoms with E-state index in [2.05, 4.69) is 15.3 Å². The van der Waals surface area contributed by atoms with E-state index in [0.29, 0.717) is 0 Å². The third kappa shape index (κ3) is 2.67. The maximum Gasteiger partial charge on any atom is 0.335 e. The van der Waals surface area contributed by atoms with Crippen LogP contribution in [0.4, 0.5) is 5.82 Å². The molecule has 6 heteroatoms. The molecule has 0 saturated heterocycles. The molecule has 2 N–H and O–H groups in total. The van der Waals surface area contributed by atoms with Crippen molar-refractivity contribution in [2.45, 2.75) is 0 Å². The predicted octanol–water partition coefficient (Wildman–Crippen LogP) is 1.43. The Labute approximate surface area is 102 Å². The highest BCUT2D eigenvalue weighted by Gasteiger charge is 2.09. The number of carbonyl (C=O) groups is 2. The fraction of sp³-hybridized carbons (Fsp3) is 0. The minimum atomic E-state index is -1.08. The molecule has 18 heavy (non-hydrogen) atoms. The van der Waals surface area contributed by atoms with Gasteiger partial charge in [0.2, 0.25) is 0 Å². The van der Waals surface area contributed by atoms with Crippen LogP contribution in [0.5, 0.6) is 0 Å². The molecule has 0 aliphatic rings. The van der Waals surface area contributed by atoms with Gasteiger partial charge in [0.25, 0.3) is 5.91 Å². The Morgan fingerprint density at radius 1 is 1.11 bits per heavy atom. The molecule has 0 fully saturated rings. The zero-order valence-electron chi connectivity index (χ0n) is 9.20. The van der Waals surface area contributed by atoms with Gasteiger partial charge in [-0.1, -0.05) is 6.07 Å². The second-order valence-electron chi connectivity index (χ2n) is 3.40. The first-order valence-corrected chi connectivity index (χ1v) is 5.08. The number of carbonyl (C=O) groups excluding carboxylic acids is 1. The molecule has 2 heterocycles. The number of rotatable bonds is 3. The lowest BCUT2D eigenvalue weighted by atomic mass is 10.2. The van der Waals surface area contributed by atoms with Crippen LogP contribution in [0.15, 0.2) is 42.7 Å². The molecule has 6 nitrogen and oxygen atoms in total. The van der Waals surface area contributed by atoms with Gasteiger partial charge in [0, 0.05) is 12.4 Å². The van der Waals surface area contributed by atoms with E-state index < -0.39 is 11.9 Å². The largest absolute Gasteiger partial charge is 0.478 e. The Kier molecular flexibility index (Phi) is 3.29. The Morgan fingerprint density at radius 2 is 1.94 bits per heavy atom. The van der Waals surface area contributed by atoms with Crippen LogP contribution >= 0.6 is 0 Å². The van der Waals surface area contributed by atoms with E-state index in [1.807, 2.05) is 0 Å². The zero-order chi connectivity index (χ0) is 13.0. The molecular weight excluding hydrogens is 234 g/mol. The first-order valence-electron chi connectivity index (χ1n) is 5.08. The summed E-state index contributed by atoms with van der Waals surface area (Å²) in [5.74, 6) is -1.35. The second kappa shape index (κ2) is 5.05. The smallest absolute Gasteiger partial charge is 0.335 e. The van der Waals surface area contributed by atoms with E-state index >= 15 is 0 Å². The fourth-order valence-electron chi connectivity index (χ4n) is 1.31. The minimum Gasteiger partial charge on any atom is -0.478 e. The average Bonchev–Trinajstić information content (AvgIpc) is 2.40. The summed E-state index contributed by atoms with van der Waals surface area (Å²) in [6, 6.07) is 7.56. The third-order valence-corrected chi connectivity index (χ3v) is 2.15. The Bertz CT molecular complexity index is 584. The third-order valence-electron chi connectivity index (χ3n) is 2.15. The summed E-state index contributed by atoms with van der Waals surface area (Å²) >= 11 is 0.